The Balaban J connectivity index is 2.97. The van der Waals surface area contributed by atoms with Crippen molar-refractivity contribution in [2.24, 2.45) is 0 Å². The van der Waals surface area contributed by atoms with Crippen LogP contribution in [-0.2, 0) is 11.2 Å². The van der Waals surface area contributed by atoms with Crippen LogP contribution in [0, 0.1) is 5.82 Å². The molecule has 0 bridgehead atoms. The molecule has 2 unspecified atom stereocenters. The monoisotopic (exact) mass is 345 g/mol. The van der Waals surface area contributed by atoms with Gasteiger partial charge in [-0.05, 0) is 60.3 Å². The van der Waals surface area contributed by atoms with Crippen LogP contribution in [0.1, 0.15) is 39.2 Å². The Morgan fingerprint density at radius 1 is 1.40 bits per heavy atom. The highest BCUT2D eigenvalue weighted by Crippen LogP contribution is 2.27. The van der Waals surface area contributed by atoms with E-state index in [1.54, 1.807) is 13.2 Å². The highest BCUT2D eigenvalue weighted by Gasteiger charge is 2.32. The molecule has 1 rings (SSSR count). The lowest BCUT2D eigenvalue weighted by Gasteiger charge is -2.37. The van der Waals surface area contributed by atoms with Gasteiger partial charge in [0.1, 0.15) is 5.82 Å². The number of ether oxygens (including phenoxy) is 1. The van der Waals surface area contributed by atoms with Crippen molar-refractivity contribution in [3.8, 4) is 0 Å². The van der Waals surface area contributed by atoms with Crippen LogP contribution in [0.2, 0.25) is 0 Å². The van der Waals surface area contributed by atoms with Crippen molar-refractivity contribution in [1.82, 2.24) is 5.32 Å². The van der Waals surface area contributed by atoms with E-state index in [-0.39, 0.29) is 17.5 Å². The maximum Gasteiger partial charge on any atom is 0.137 e. The number of hydrogen-bond acceptors (Lipinski definition) is 2. The summed E-state index contributed by atoms with van der Waals surface area (Å²) < 4.78 is 19.9. The van der Waals surface area contributed by atoms with E-state index < -0.39 is 0 Å². The maximum absolute atomic E-state index is 13.6. The molecule has 0 heterocycles. The van der Waals surface area contributed by atoms with E-state index in [9.17, 15) is 4.39 Å². The Labute approximate surface area is 130 Å². The SMILES string of the molecule is CCCNC(Cc1cccc(F)c1Br)C(C)(CC)OC. The van der Waals surface area contributed by atoms with E-state index in [4.69, 9.17) is 4.74 Å². The van der Waals surface area contributed by atoms with Gasteiger partial charge in [-0.25, -0.2) is 4.39 Å². The van der Waals surface area contributed by atoms with E-state index in [1.165, 1.54) is 6.07 Å². The first-order valence-electron chi connectivity index (χ1n) is 7.19. The zero-order valence-electron chi connectivity index (χ0n) is 12.8. The molecule has 2 nitrogen and oxygen atoms in total. The summed E-state index contributed by atoms with van der Waals surface area (Å²) in [6.07, 6.45) is 2.69. The molecule has 0 saturated carbocycles. The van der Waals surface area contributed by atoms with Crippen LogP contribution in [0.3, 0.4) is 0 Å². The summed E-state index contributed by atoms with van der Waals surface area (Å²) in [4.78, 5) is 0. The Kier molecular flexibility index (Phi) is 7.13. The van der Waals surface area contributed by atoms with Gasteiger partial charge in [0.2, 0.25) is 0 Å². The minimum Gasteiger partial charge on any atom is -0.377 e. The van der Waals surface area contributed by atoms with Gasteiger partial charge in [-0.1, -0.05) is 26.0 Å². The highest BCUT2D eigenvalue weighted by molar-refractivity contribution is 9.10. The number of nitrogens with one attached hydrogen (secondary N) is 1. The quantitative estimate of drug-likeness (QED) is 0.757. The van der Waals surface area contributed by atoms with Crippen LogP contribution in [0.4, 0.5) is 4.39 Å². The van der Waals surface area contributed by atoms with Crippen LogP contribution in [0.25, 0.3) is 0 Å². The molecular weight excluding hydrogens is 321 g/mol. The first-order valence-corrected chi connectivity index (χ1v) is 7.99. The molecule has 0 fully saturated rings. The summed E-state index contributed by atoms with van der Waals surface area (Å²) in [6, 6.07) is 5.33. The van der Waals surface area contributed by atoms with Crippen LogP contribution in [-0.4, -0.2) is 25.3 Å². The van der Waals surface area contributed by atoms with Gasteiger partial charge in [-0.15, -0.1) is 0 Å². The van der Waals surface area contributed by atoms with Gasteiger partial charge in [0.25, 0.3) is 0 Å². The molecule has 2 atom stereocenters. The summed E-state index contributed by atoms with van der Waals surface area (Å²) in [5, 5.41) is 3.54. The van der Waals surface area contributed by atoms with E-state index in [1.807, 2.05) is 6.07 Å². The summed E-state index contributed by atoms with van der Waals surface area (Å²) >= 11 is 3.34. The van der Waals surface area contributed by atoms with Gasteiger partial charge in [0.05, 0.1) is 10.1 Å². The lowest BCUT2D eigenvalue weighted by molar-refractivity contribution is -0.0287. The third-order valence-electron chi connectivity index (χ3n) is 4.00. The van der Waals surface area contributed by atoms with Crippen molar-refractivity contribution in [2.45, 2.75) is 51.7 Å². The molecule has 0 aliphatic rings. The number of rotatable bonds is 8. The van der Waals surface area contributed by atoms with Crippen LogP contribution >= 0.6 is 15.9 Å². The number of halogens is 2. The predicted octanol–water partition coefficient (Wildman–Crippen LogP) is 4.31. The molecule has 4 heteroatoms. The normalized spacial score (nSPS) is 15.9. The van der Waals surface area contributed by atoms with Crippen molar-refractivity contribution in [3.05, 3.63) is 34.1 Å². The van der Waals surface area contributed by atoms with Gasteiger partial charge >= 0.3 is 0 Å². The molecule has 0 aliphatic heterocycles. The van der Waals surface area contributed by atoms with E-state index in [0.29, 0.717) is 4.47 Å². The van der Waals surface area contributed by atoms with Gasteiger partial charge < -0.3 is 10.1 Å². The zero-order chi connectivity index (χ0) is 15.2. The molecule has 0 saturated heterocycles. The van der Waals surface area contributed by atoms with E-state index in [0.717, 1.165) is 31.4 Å². The number of hydrogen-bond donors (Lipinski definition) is 1. The summed E-state index contributed by atoms with van der Waals surface area (Å²) in [6.45, 7) is 7.28. The van der Waals surface area contributed by atoms with Gasteiger partial charge in [0.15, 0.2) is 0 Å². The fraction of sp³-hybridized carbons (Fsp3) is 0.625. The molecule has 0 aromatic heterocycles. The van der Waals surface area contributed by atoms with Crippen molar-refractivity contribution < 1.29 is 9.13 Å². The average molecular weight is 346 g/mol. The highest BCUT2D eigenvalue weighted by atomic mass is 79.9. The molecule has 0 aliphatic carbocycles. The standard InChI is InChI=1S/C16H25BrFNO/c1-5-10-19-14(16(3,6-2)20-4)11-12-8-7-9-13(18)15(12)17/h7-9,14,19H,5-6,10-11H2,1-4H3. The molecule has 20 heavy (non-hydrogen) atoms. The Morgan fingerprint density at radius 3 is 2.65 bits per heavy atom. The summed E-state index contributed by atoms with van der Waals surface area (Å²) in [5.74, 6) is -0.215. The fourth-order valence-electron chi connectivity index (χ4n) is 2.28. The van der Waals surface area contributed by atoms with Crippen molar-refractivity contribution in [3.63, 3.8) is 0 Å². The predicted molar refractivity (Wildman–Crippen MR) is 85.6 cm³/mol. The molecule has 0 amide bonds. The minimum absolute atomic E-state index is 0.149. The van der Waals surface area contributed by atoms with Crippen LogP contribution in [0.15, 0.2) is 22.7 Å². The molecule has 1 N–H and O–H groups in total. The topological polar surface area (TPSA) is 21.3 Å². The Morgan fingerprint density at radius 2 is 2.10 bits per heavy atom. The summed E-state index contributed by atoms with van der Waals surface area (Å²) in [5.41, 5.74) is 0.705. The molecule has 0 spiro atoms. The van der Waals surface area contributed by atoms with Gasteiger partial charge in [0, 0.05) is 13.2 Å². The second-order valence-corrected chi connectivity index (χ2v) is 6.09. The Bertz CT molecular complexity index is 421. The third kappa shape index (κ3) is 4.27. The van der Waals surface area contributed by atoms with E-state index in [2.05, 4.69) is 42.0 Å². The second kappa shape index (κ2) is 8.11. The molecule has 1 aromatic rings. The zero-order valence-corrected chi connectivity index (χ0v) is 14.4. The lowest BCUT2D eigenvalue weighted by atomic mass is 9.88. The fourth-order valence-corrected chi connectivity index (χ4v) is 2.71. The first-order chi connectivity index (χ1) is 9.48. The largest absolute Gasteiger partial charge is 0.377 e. The Hall–Kier alpha value is -0.450. The maximum atomic E-state index is 13.6. The first kappa shape index (κ1) is 17.6. The average Bonchev–Trinajstić information content (AvgIpc) is 2.46. The van der Waals surface area contributed by atoms with Gasteiger partial charge in [-0.3, -0.25) is 0 Å². The number of benzene rings is 1. The summed E-state index contributed by atoms with van der Waals surface area (Å²) in [7, 11) is 1.74. The smallest absolute Gasteiger partial charge is 0.137 e. The second-order valence-electron chi connectivity index (χ2n) is 5.29. The van der Waals surface area contributed by atoms with Crippen LogP contribution < -0.4 is 5.32 Å². The molecule has 0 radical (unpaired) electrons. The van der Waals surface area contributed by atoms with Crippen molar-refractivity contribution >= 4 is 15.9 Å². The third-order valence-corrected chi connectivity index (χ3v) is 4.89. The van der Waals surface area contributed by atoms with Crippen molar-refractivity contribution in [2.75, 3.05) is 13.7 Å². The minimum atomic E-state index is -0.263. The van der Waals surface area contributed by atoms with Crippen LogP contribution in [0.5, 0.6) is 0 Å². The van der Waals surface area contributed by atoms with Gasteiger partial charge in [-0.2, -0.15) is 0 Å². The number of methoxy groups -OCH3 is 1. The molecule has 1 aromatic carbocycles. The lowest BCUT2D eigenvalue weighted by Crippen LogP contribution is -2.51. The van der Waals surface area contributed by atoms with Crippen molar-refractivity contribution in [1.29, 1.82) is 0 Å². The molecule has 114 valence electrons. The van der Waals surface area contributed by atoms with E-state index >= 15 is 0 Å². The molecular formula is C16H25BrFNO.